The quantitative estimate of drug-likeness (QED) is 0.0522. The van der Waals surface area contributed by atoms with E-state index in [1.54, 1.807) is 20.8 Å². The van der Waals surface area contributed by atoms with Gasteiger partial charge < -0.3 is 53.2 Å². The maximum Gasteiger partial charge on any atom is 0.414 e. The highest BCUT2D eigenvalue weighted by Gasteiger charge is 2.47. The number of benzene rings is 5. The number of carbonyl (C=O) groups is 4. The van der Waals surface area contributed by atoms with Gasteiger partial charge in [0.1, 0.15) is 55.5 Å². The van der Waals surface area contributed by atoms with Gasteiger partial charge in [0.25, 0.3) is 0 Å². The summed E-state index contributed by atoms with van der Waals surface area (Å²) < 4.78 is 46.8. The molecule has 5 aliphatic rings. The Hall–Kier alpha value is -7.66. The van der Waals surface area contributed by atoms with Crippen LogP contribution in [0.3, 0.4) is 0 Å². The van der Waals surface area contributed by atoms with E-state index < -0.39 is 36.6 Å². The van der Waals surface area contributed by atoms with E-state index in [-0.39, 0.29) is 72.8 Å². The van der Waals surface area contributed by atoms with E-state index in [2.05, 4.69) is 78.0 Å². The molecule has 0 radical (unpaired) electrons. The number of aryl methyl sites for hydroxylation is 1. The van der Waals surface area contributed by atoms with Crippen molar-refractivity contribution < 1.29 is 62.2 Å². The molecule has 17 heteroatoms. The van der Waals surface area contributed by atoms with Crippen molar-refractivity contribution in [3.8, 4) is 23.0 Å². The smallest absolute Gasteiger partial charge is 0.414 e. The molecule has 1 aliphatic carbocycles. The standard InChI is InChI=1S/C63H74N4O13/c1-40-25-45(27-46(26-40)66-31-53(79-58(66)71)34-74-49-19-11-43(12-20-49)62(6,7)44-15-23-51(24-16-44)76-36-55-37-77-55)65-30-52(78-57(65)70)33-73-48-17-9-41(10-18-48)61(4,5)42-13-21-50(22-14-42)75-35-54-32-67(59(72)80-54)47-28-60(2,3)38-63(8,29-47)39-64-56(68)69/h9-27,47,52-55,64H,28-39H2,1-8H3,(H,68,69). The molecule has 80 heavy (non-hydrogen) atoms. The molecule has 5 fully saturated rings. The Morgan fingerprint density at radius 2 is 0.950 bits per heavy atom. The summed E-state index contributed by atoms with van der Waals surface area (Å²) in [4.78, 5) is 55.9. The number of ether oxygens (including phenoxy) is 8. The highest BCUT2D eigenvalue weighted by atomic mass is 16.6. The number of rotatable bonds is 21. The summed E-state index contributed by atoms with van der Waals surface area (Å²) >= 11 is 0. The van der Waals surface area contributed by atoms with Gasteiger partial charge >= 0.3 is 24.4 Å². The molecule has 0 spiro atoms. The number of nitrogens with one attached hydrogen (secondary N) is 1. The Labute approximate surface area is 468 Å². The average Bonchev–Trinajstić information content (AvgIpc) is 4.00. The van der Waals surface area contributed by atoms with Gasteiger partial charge in [-0.1, -0.05) is 97.0 Å². The number of nitrogens with zero attached hydrogens (tertiary/aromatic N) is 3. The van der Waals surface area contributed by atoms with Gasteiger partial charge in [-0.2, -0.15) is 0 Å². The van der Waals surface area contributed by atoms with Crippen LogP contribution in [0.25, 0.3) is 0 Å². The molecule has 0 aromatic heterocycles. The van der Waals surface area contributed by atoms with Gasteiger partial charge in [0.05, 0.1) is 26.2 Å². The minimum Gasteiger partial charge on any atom is -0.491 e. The number of epoxide rings is 1. The van der Waals surface area contributed by atoms with Crippen LogP contribution < -0.4 is 34.1 Å². The van der Waals surface area contributed by atoms with Gasteiger partial charge in [-0.3, -0.25) is 9.80 Å². The average molecular weight is 1100 g/mol. The van der Waals surface area contributed by atoms with E-state index in [1.807, 2.05) is 91.9 Å². The Morgan fingerprint density at radius 1 is 0.575 bits per heavy atom. The Balaban J connectivity index is 0.672. The second kappa shape index (κ2) is 22.5. The van der Waals surface area contributed by atoms with Crippen LogP contribution in [0.4, 0.5) is 30.6 Å². The monoisotopic (exact) mass is 1090 g/mol. The van der Waals surface area contributed by atoms with Crippen LogP contribution in [-0.4, -0.2) is 124 Å². The first-order valence-electron chi connectivity index (χ1n) is 27.7. The summed E-state index contributed by atoms with van der Waals surface area (Å²) in [5.41, 5.74) is 5.53. The fraction of sp³-hybridized carbons (Fsp3) is 0.460. The van der Waals surface area contributed by atoms with Crippen molar-refractivity contribution in [2.24, 2.45) is 10.8 Å². The van der Waals surface area contributed by atoms with E-state index in [0.717, 1.165) is 53.0 Å². The largest absolute Gasteiger partial charge is 0.491 e. The molecule has 4 amide bonds. The molecule has 17 nitrogen and oxygen atoms in total. The second-order valence-corrected chi connectivity index (χ2v) is 24.3. The number of carbonyl (C=O) groups excluding carboxylic acids is 3. The number of amides is 4. The third kappa shape index (κ3) is 13.0. The third-order valence-electron chi connectivity index (χ3n) is 16.3. The molecule has 6 unspecified atom stereocenters. The molecule has 4 aliphatic heterocycles. The Morgan fingerprint density at radius 3 is 1.34 bits per heavy atom. The molecule has 1 saturated carbocycles. The molecule has 4 heterocycles. The van der Waals surface area contributed by atoms with Crippen molar-refractivity contribution in [3.63, 3.8) is 0 Å². The van der Waals surface area contributed by atoms with Crippen molar-refractivity contribution in [1.82, 2.24) is 10.2 Å². The highest BCUT2D eigenvalue weighted by molar-refractivity contribution is 5.94. The number of carboxylic acid groups (broad SMARTS) is 1. The van der Waals surface area contributed by atoms with Gasteiger partial charge in [0.2, 0.25) is 0 Å². The van der Waals surface area contributed by atoms with Crippen molar-refractivity contribution in [2.45, 2.75) is 116 Å². The summed E-state index contributed by atoms with van der Waals surface area (Å²) in [7, 11) is 0. The van der Waals surface area contributed by atoms with Gasteiger partial charge in [0.15, 0.2) is 18.3 Å². The third-order valence-corrected chi connectivity index (χ3v) is 16.3. The van der Waals surface area contributed by atoms with Crippen LogP contribution in [0, 0.1) is 17.8 Å². The van der Waals surface area contributed by atoms with Crippen LogP contribution in [0.2, 0.25) is 0 Å². The van der Waals surface area contributed by atoms with Gasteiger partial charge in [-0.25, -0.2) is 19.2 Å². The van der Waals surface area contributed by atoms with Crippen molar-refractivity contribution >= 4 is 35.7 Å². The zero-order valence-corrected chi connectivity index (χ0v) is 47.0. The first kappa shape index (κ1) is 55.6. The number of hydrogen-bond donors (Lipinski definition) is 2. The van der Waals surface area contributed by atoms with Crippen LogP contribution in [0.15, 0.2) is 115 Å². The van der Waals surface area contributed by atoms with E-state index in [0.29, 0.717) is 54.7 Å². The summed E-state index contributed by atoms with van der Waals surface area (Å²) in [6.45, 7) is 20.1. The molecule has 2 N–H and O–H groups in total. The van der Waals surface area contributed by atoms with Crippen molar-refractivity contribution in [1.29, 1.82) is 0 Å². The van der Waals surface area contributed by atoms with E-state index >= 15 is 0 Å². The second-order valence-electron chi connectivity index (χ2n) is 24.3. The van der Waals surface area contributed by atoms with Crippen molar-refractivity contribution in [3.05, 3.63) is 143 Å². The number of hydrogen-bond acceptors (Lipinski definition) is 12. The molecule has 5 aromatic rings. The summed E-state index contributed by atoms with van der Waals surface area (Å²) in [6, 6.07) is 37.5. The lowest BCUT2D eigenvalue weighted by atomic mass is 9.62. The first-order chi connectivity index (χ1) is 38.1. The molecular weight excluding hydrogens is 1020 g/mol. The van der Waals surface area contributed by atoms with Crippen LogP contribution >= 0.6 is 0 Å². The van der Waals surface area contributed by atoms with Gasteiger partial charge in [-0.05, 0) is 132 Å². The topological polar surface area (TPSA) is 187 Å². The normalized spacial score (nSPS) is 23.5. The molecule has 6 atom stereocenters. The lowest BCUT2D eigenvalue weighted by molar-refractivity contribution is 0.0332. The summed E-state index contributed by atoms with van der Waals surface area (Å²) in [5, 5.41) is 11.8. The van der Waals surface area contributed by atoms with Crippen LogP contribution in [0.5, 0.6) is 23.0 Å². The highest BCUT2D eigenvalue weighted by Crippen LogP contribution is 2.48. The van der Waals surface area contributed by atoms with Gasteiger partial charge in [0, 0.05) is 34.8 Å². The van der Waals surface area contributed by atoms with E-state index in [1.165, 1.54) is 0 Å². The zero-order valence-electron chi connectivity index (χ0n) is 47.0. The SMILES string of the molecule is Cc1cc(N2CC(COc3ccc(C(C)(C)c4ccc(OCC5CO5)cc4)cc3)OC2=O)cc(N2CC(COc3ccc(C(C)(C)c4ccc(OCC5CN(C6CC(C)(C)CC(C)(CNC(=O)O)C6)C(=O)O5)cc4)cc3)OC2=O)c1. The fourth-order valence-electron chi connectivity index (χ4n) is 12.0. The first-order valence-corrected chi connectivity index (χ1v) is 27.7. The van der Waals surface area contributed by atoms with Gasteiger partial charge in [-0.15, -0.1) is 0 Å². The minimum atomic E-state index is -1.05. The maximum atomic E-state index is 13.3. The lowest BCUT2D eigenvalue weighted by Gasteiger charge is -2.48. The van der Waals surface area contributed by atoms with Crippen LogP contribution in [0.1, 0.15) is 95.5 Å². The summed E-state index contributed by atoms with van der Waals surface area (Å²) in [6.07, 6.45) is -1.31. The molecule has 424 valence electrons. The molecule has 4 saturated heterocycles. The number of cyclic esters (lactones) is 3. The predicted octanol–water partition coefficient (Wildman–Crippen LogP) is 11.3. The lowest BCUT2D eigenvalue weighted by Crippen LogP contribution is -2.50. The van der Waals surface area contributed by atoms with Crippen LogP contribution in [-0.2, 0) is 29.8 Å². The van der Waals surface area contributed by atoms with E-state index in [9.17, 15) is 24.3 Å². The summed E-state index contributed by atoms with van der Waals surface area (Å²) in [5.74, 6) is 2.80. The minimum absolute atomic E-state index is 0.0621. The molecule has 0 bridgehead atoms. The van der Waals surface area contributed by atoms with Crippen molar-refractivity contribution in [2.75, 3.05) is 69.0 Å². The predicted molar refractivity (Wildman–Crippen MR) is 301 cm³/mol. The Bertz CT molecular complexity index is 3030. The number of anilines is 2. The Kier molecular flexibility index (Phi) is 15.6. The maximum absolute atomic E-state index is 13.3. The fourth-order valence-corrected chi connectivity index (χ4v) is 12.0. The molecular formula is C63H74N4O13. The zero-order chi connectivity index (χ0) is 56.6. The molecule has 5 aromatic carbocycles. The molecule has 10 rings (SSSR count). The van der Waals surface area contributed by atoms with E-state index in [4.69, 9.17) is 37.9 Å².